The molecule has 1 aromatic heterocycles. The average Bonchev–Trinajstić information content (AvgIpc) is 2.66. The number of aromatic nitrogens is 2. The van der Waals surface area contributed by atoms with E-state index in [2.05, 4.69) is 34.0 Å². The van der Waals surface area contributed by atoms with Crippen LogP contribution in [0.1, 0.15) is 19.2 Å². The number of hydrogen-bond acceptors (Lipinski definition) is 5. The molecule has 0 aromatic carbocycles. The van der Waals surface area contributed by atoms with Gasteiger partial charge in [0, 0.05) is 31.4 Å². The molecule has 1 saturated heterocycles. The number of likely N-dealkylation sites (N-methyl/N-ethyl adjacent to an activating group) is 1. The molecule has 1 unspecified atom stereocenters. The van der Waals surface area contributed by atoms with Crippen molar-refractivity contribution in [1.29, 1.82) is 0 Å². The third kappa shape index (κ3) is 3.10. The van der Waals surface area contributed by atoms with E-state index >= 15 is 0 Å². The minimum absolute atomic E-state index is 0.395. The molecule has 1 aliphatic heterocycles. The van der Waals surface area contributed by atoms with Gasteiger partial charge in [-0.1, -0.05) is 5.10 Å². The predicted octanol–water partition coefficient (Wildman–Crippen LogP) is 1.38. The van der Waals surface area contributed by atoms with Crippen LogP contribution in [0.25, 0.3) is 0 Å². The molecule has 1 fully saturated rings. The molecular formula is C11H19ClN4O. The molecule has 0 bridgehead atoms. The molecule has 2 rings (SSSR count). The molecule has 2 heterocycles. The first kappa shape index (κ1) is 12.6. The third-order valence-electron chi connectivity index (χ3n) is 3.06. The molecular weight excluding hydrogens is 240 g/mol. The quantitative estimate of drug-likeness (QED) is 0.767. The van der Waals surface area contributed by atoms with Gasteiger partial charge in [-0.05, 0) is 26.9 Å². The molecule has 0 radical (unpaired) electrons. The SMILES string of the molecule is CC1CN(C)CCCN1c1nnc(CCCl)o1. The smallest absolute Gasteiger partial charge is 0.318 e. The summed E-state index contributed by atoms with van der Waals surface area (Å²) in [6.07, 6.45) is 1.75. The van der Waals surface area contributed by atoms with Gasteiger partial charge in [0.1, 0.15) is 0 Å². The summed E-state index contributed by atoms with van der Waals surface area (Å²) in [5, 5.41) is 8.12. The molecule has 1 atom stereocenters. The number of hydrogen-bond donors (Lipinski definition) is 0. The van der Waals surface area contributed by atoms with Gasteiger partial charge in [0.2, 0.25) is 5.89 Å². The molecule has 0 spiro atoms. The number of halogens is 1. The van der Waals surface area contributed by atoms with Gasteiger partial charge < -0.3 is 14.2 Å². The Bertz CT molecular complexity index is 357. The summed E-state index contributed by atoms with van der Waals surface area (Å²) < 4.78 is 5.63. The van der Waals surface area contributed by atoms with E-state index in [0.717, 1.165) is 26.1 Å². The molecule has 6 heteroatoms. The molecule has 5 nitrogen and oxygen atoms in total. The highest BCUT2D eigenvalue weighted by Gasteiger charge is 2.23. The molecule has 0 aliphatic carbocycles. The number of alkyl halides is 1. The minimum Gasteiger partial charge on any atom is -0.408 e. The van der Waals surface area contributed by atoms with Gasteiger partial charge >= 0.3 is 6.01 Å². The lowest BCUT2D eigenvalue weighted by molar-refractivity contribution is 0.334. The predicted molar refractivity (Wildman–Crippen MR) is 67.6 cm³/mol. The molecule has 96 valence electrons. The maximum Gasteiger partial charge on any atom is 0.318 e. The van der Waals surface area contributed by atoms with E-state index in [4.69, 9.17) is 16.0 Å². The average molecular weight is 259 g/mol. The van der Waals surface area contributed by atoms with Crippen LogP contribution in [0.15, 0.2) is 4.42 Å². The summed E-state index contributed by atoms with van der Waals surface area (Å²) in [7, 11) is 2.15. The Kier molecular flexibility index (Phi) is 4.23. The summed E-state index contributed by atoms with van der Waals surface area (Å²) >= 11 is 5.66. The zero-order valence-corrected chi connectivity index (χ0v) is 11.2. The van der Waals surface area contributed by atoms with Gasteiger partial charge in [-0.15, -0.1) is 16.7 Å². The van der Waals surface area contributed by atoms with Gasteiger partial charge in [-0.25, -0.2) is 0 Å². The normalized spacial score (nSPS) is 22.8. The highest BCUT2D eigenvalue weighted by Crippen LogP contribution is 2.18. The van der Waals surface area contributed by atoms with E-state index in [1.165, 1.54) is 0 Å². The first-order valence-corrected chi connectivity index (χ1v) is 6.57. The highest BCUT2D eigenvalue weighted by molar-refractivity contribution is 6.17. The van der Waals surface area contributed by atoms with Crippen LogP contribution >= 0.6 is 11.6 Å². The monoisotopic (exact) mass is 258 g/mol. The van der Waals surface area contributed by atoms with Crippen LogP contribution in [-0.2, 0) is 6.42 Å². The largest absolute Gasteiger partial charge is 0.408 e. The molecule has 17 heavy (non-hydrogen) atoms. The standard InChI is InChI=1S/C11H19ClN4O/c1-9-8-15(2)6-3-7-16(9)11-14-13-10(17-11)4-5-12/h9H,3-8H2,1-2H3. The van der Waals surface area contributed by atoms with E-state index in [-0.39, 0.29) is 0 Å². The Balaban J connectivity index is 2.08. The molecule has 1 aromatic rings. The van der Waals surface area contributed by atoms with Crippen LogP contribution < -0.4 is 4.90 Å². The van der Waals surface area contributed by atoms with E-state index < -0.39 is 0 Å². The zero-order chi connectivity index (χ0) is 12.3. The van der Waals surface area contributed by atoms with Crippen molar-refractivity contribution in [1.82, 2.24) is 15.1 Å². The van der Waals surface area contributed by atoms with E-state index in [9.17, 15) is 0 Å². The van der Waals surface area contributed by atoms with Crippen molar-refractivity contribution in [2.45, 2.75) is 25.8 Å². The van der Waals surface area contributed by atoms with E-state index in [1.54, 1.807) is 0 Å². The van der Waals surface area contributed by atoms with Crippen molar-refractivity contribution in [2.24, 2.45) is 0 Å². The van der Waals surface area contributed by atoms with Crippen LogP contribution in [0.2, 0.25) is 0 Å². The number of nitrogens with zero attached hydrogens (tertiary/aromatic N) is 4. The van der Waals surface area contributed by atoms with E-state index in [0.29, 0.717) is 30.2 Å². The minimum atomic E-state index is 0.395. The topological polar surface area (TPSA) is 45.4 Å². The van der Waals surface area contributed by atoms with Gasteiger partial charge in [-0.2, -0.15) is 0 Å². The Hall–Kier alpha value is -0.810. The van der Waals surface area contributed by atoms with Crippen LogP contribution in [0.4, 0.5) is 6.01 Å². The maximum absolute atomic E-state index is 5.66. The Morgan fingerprint density at radius 2 is 2.24 bits per heavy atom. The molecule has 0 amide bonds. The first-order chi connectivity index (χ1) is 8.20. The van der Waals surface area contributed by atoms with Crippen molar-refractivity contribution in [3.63, 3.8) is 0 Å². The highest BCUT2D eigenvalue weighted by atomic mass is 35.5. The van der Waals surface area contributed by atoms with Crippen LogP contribution in [0.5, 0.6) is 0 Å². The fourth-order valence-corrected chi connectivity index (χ4v) is 2.36. The van der Waals surface area contributed by atoms with Crippen molar-refractivity contribution >= 4 is 17.6 Å². The summed E-state index contributed by atoms with van der Waals surface area (Å²) in [5.41, 5.74) is 0. The second kappa shape index (κ2) is 5.69. The molecule has 0 saturated carbocycles. The van der Waals surface area contributed by atoms with Crippen LogP contribution in [-0.4, -0.2) is 53.7 Å². The fourth-order valence-electron chi connectivity index (χ4n) is 2.20. The Labute approximate surface area is 107 Å². The Morgan fingerprint density at radius 3 is 3.00 bits per heavy atom. The summed E-state index contributed by atoms with van der Waals surface area (Å²) in [5.74, 6) is 1.14. The zero-order valence-electron chi connectivity index (χ0n) is 10.4. The molecule has 1 aliphatic rings. The van der Waals surface area contributed by atoms with Crippen molar-refractivity contribution in [3.05, 3.63) is 5.89 Å². The third-order valence-corrected chi connectivity index (χ3v) is 3.25. The number of anilines is 1. The lowest BCUT2D eigenvalue weighted by atomic mass is 10.3. The first-order valence-electron chi connectivity index (χ1n) is 6.04. The van der Waals surface area contributed by atoms with Gasteiger partial charge in [0.05, 0.1) is 0 Å². The lowest BCUT2D eigenvalue weighted by Crippen LogP contribution is -2.38. The van der Waals surface area contributed by atoms with Crippen LogP contribution in [0, 0.1) is 0 Å². The number of aryl methyl sites for hydroxylation is 1. The second-order valence-corrected chi connectivity index (χ2v) is 4.95. The van der Waals surface area contributed by atoms with E-state index in [1.807, 2.05) is 0 Å². The van der Waals surface area contributed by atoms with Crippen molar-refractivity contribution in [2.75, 3.05) is 37.5 Å². The summed E-state index contributed by atoms with van der Waals surface area (Å²) in [4.78, 5) is 4.52. The summed E-state index contributed by atoms with van der Waals surface area (Å²) in [6, 6.07) is 1.03. The summed E-state index contributed by atoms with van der Waals surface area (Å²) in [6.45, 7) is 5.29. The second-order valence-electron chi connectivity index (χ2n) is 4.58. The Morgan fingerprint density at radius 1 is 1.41 bits per heavy atom. The van der Waals surface area contributed by atoms with Crippen molar-refractivity contribution in [3.8, 4) is 0 Å². The van der Waals surface area contributed by atoms with Gasteiger partial charge in [0.15, 0.2) is 0 Å². The van der Waals surface area contributed by atoms with Crippen molar-refractivity contribution < 1.29 is 4.42 Å². The fraction of sp³-hybridized carbons (Fsp3) is 0.818. The number of rotatable bonds is 3. The van der Waals surface area contributed by atoms with Gasteiger partial charge in [0.25, 0.3) is 0 Å². The molecule has 0 N–H and O–H groups in total. The maximum atomic E-state index is 5.66. The van der Waals surface area contributed by atoms with Crippen LogP contribution in [0.3, 0.4) is 0 Å². The van der Waals surface area contributed by atoms with Gasteiger partial charge in [-0.3, -0.25) is 0 Å². The lowest BCUT2D eigenvalue weighted by Gasteiger charge is -2.25.